The lowest BCUT2D eigenvalue weighted by atomic mass is 10.2. The third-order valence-electron chi connectivity index (χ3n) is 2.38. The third kappa shape index (κ3) is 3.85. The fraction of sp³-hybridized carbons (Fsp3) is 0.385. The van der Waals surface area contributed by atoms with Crippen LogP contribution in [0, 0.1) is 0 Å². The van der Waals surface area contributed by atoms with Gasteiger partial charge >= 0.3 is 5.97 Å². The van der Waals surface area contributed by atoms with Gasteiger partial charge in [0.1, 0.15) is 5.75 Å². The molecule has 0 radical (unpaired) electrons. The molecule has 1 amide bonds. The highest BCUT2D eigenvalue weighted by atomic mass is 16.5. The zero-order valence-electron chi connectivity index (χ0n) is 10.5. The summed E-state index contributed by atoms with van der Waals surface area (Å²) in [5.41, 5.74) is 0.434. The summed E-state index contributed by atoms with van der Waals surface area (Å²) in [5.74, 6) is -0.281. The summed E-state index contributed by atoms with van der Waals surface area (Å²) in [6, 6.07) is 6.43. The summed E-state index contributed by atoms with van der Waals surface area (Å²) in [6.45, 7) is 3.86. The van der Waals surface area contributed by atoms with Crippen LogP contribution >= 0.6 is 0 Å². The Morgan fingerprint density at radius 1 is 1.39 bits per heavy atom. The van der Waals surface area contributed by atoms with E-state index in [4.69, 9.17) is 9.84 Å². The molecule has 0 spiro atoms. The van der Waals surface area contributed by atoms with Gasteiger partial charge in [0.25, 0.3) is 5.91 Å². The van der Waals surface area contributed by atoms with Crippen LogP contribution in [-0.4, -0.2) is 41.6 Å². The molecule has 1 aromatic rings. The van der Waals surface area contributed by atoms with E-state index in [0.29, 0.717) is 17.9 Å². The first-order chi connectivity index (χ1) is 8.58. The molecule has 0 saturated heterocycles. The first kappa shape index (κ1) is 14.2. The van der Waals surface area contributed by atoms with Crippen molar-refractivity contribution in [1.82, 2.24) is 4.90 Å². The average molecular weight is 251 g/mol. The normalized spacial score (nSPS) is 9.94. The summed E-state index contributed by atoms with van der Waals surface area (Å²) in [6.07, 6.45) is 0. The third-order valence-corrected chi connectivity index (χ3v) is 2.38. The van der Waals surface area contributed by atoms with Gasteiger partial charge in [0, 0.05) is 25.6 Å². The Balaban J connectivity index is 2.88. The largest absolute Gasteiger partial charge is 0.427 e. The summed E-state index contributed by atoms with van der Waals surface area (Å²) >= 11 is 0. The van der Waals surface area contributed by atoms with Crippen molar-refractivity contribution in [1.29, 1.82) is 0 Å². The van der Waals surface area contributed by atoms with Crippen LogP contribution < -0.4 is 4.74 Å². The monoisotopic (exact) mass is 251 g/mol. The van der Waals surface area contributed by atoms with Gasteiger partial charge in [0.05, 0.1) is 6.61 Å². The van der Waals surface area contributed by atoms with E-state index in [0.717, 1.165) is 0 Å². The fourth-order valence-corrected chi connectivity index (χ4v) is 1.57. The molecule has 0 aromatic heterocycles. The van der Waals surface area contributed by atoms with Crippen molar-refractivity contribution in [2.75, 3.05) is 19.7 Å². The quantitative estimate of drug-likeness (QED) is 0.628. The number of esters is 1. The number of rotatable bonds is 5. The smallest absolute Gasteiger partial charge is 0.308 e. The molecule has 1 aromatic carbocycles. The number of nitrogens with zero attached hydrogens (tertiary/aromatic N) is 1. The van der Waals surface area contributed by atoms with Crippen LogP contribution in [0.15, 0.2) is 24.3 Å². The Morgan fingerprint density at radius 3 is 2.67 bits per heavy atom. The van der Waals surface area contributed by atoms with Crippen molar-refractivity contribution in [2.45, 2.75) is 13.8 Å². The van der Waals surface area contributed by atoms with Gasteiger partial charge in [-0.05, 0) is 25.1 Å². The summed E-state index contributed by atoms with van der Waals surface area (Å²) in [4.78, 5) is 24.4. The van der Waals surface area contributed by atoms with Gasteiger partial charge in [-0.2, -0.15) is 0 Å². The highest BCUT2D eigenvalue weighted by Crippen LogP contribution is 2.15. The predicted octanol–water partition coefficient (Wildman–Crippen LogP) is 1.07. The van der Waals surface area contributed by atoms with Gasteiger partial charge in [-0.1, -0.05) is 6.07 Å². The molecule has 18 heavy (non-hydrogen) atoms. The standard InChI is InChI=1S/C13H17NO4/c1-3-14(7-8-15)13(17)11-5-4-6-12(9-11)18-10(2)16/h4-6,9,15H,3,7-8H2,1-2H3. The fourth-order valence-electron chi connectivity index (χ4n) is 1.57. The SMILES string of the molecule is CCN(CCO)C(=O)c1cccc(OC(C)=O)c1. The number of carbonyl (C=O) groups excluding carboxylic acids is 2. The molecule has 5 nitrogen and oxygen atoms in total. The van der Waals surface area contributed by atoms with Crippen LogP contribution in [0.1, 0.15) is 24.2 Å². The minimum atomic E-state index is -0.428. The van der Waals surface area contributed by atoms with E-state index in [-0.39, 0.29) is 19.1 Å². The van der Waals surface area contributed by atoms with Crippen molar-refractivity contribution in [3.05, 3.63) is 29.8 Å². The van der Waals surface area contributed by atoms with E-state index in [1.165, 1.54) is 17.9 Å². The maximum atomic E-state index is 12.1. The summed E-state index contributed by atoms with van der Waals surface area (Å²) in [7, 11) is 0. The molecule has 0 fully saturated rings. The van der Waals surface area contributed by atoms with Gasteiger partial charge in [-0.25, -0.2) is 0 Å². The Labute approximate surface area is 106 Å². The number of ether oxygens (including phenoxy) is 1. The number of aliphatic hydroxyl groups is 1. The number of hydrogen-bond donors (Lipinski definition) is 1. The van der Waals surface area contributed by atoms with Gasteiger partial charge in [-0.3, -0.25) is 9.59 Å². The van der Waals surface area contributed by atoms with E-state index < -0.39 is 5.97 Å². The van der Waals surface area contributed by atoms with Crippen molar-refractivity contribution in [3.63, 3.8) is 0 Å². The topological polar surface area (TPSA) is 66.8 Å². The molecule has 0 unspecified atom stereocenters. The summed E-state index contributed by atoms with van der Waals surface area (Å²) in [5, 5.41) is 8.87. The number of carbonyl (C=O) groups is 2. The lowest BCUT2D eigenvalue weighted by molar-refractivity contribution is -0.131. The first-order valence-electron chi connectivity index (χ1n) is 5.77. The Bertz CT molecular complexity index is 431. The molecule has 0 aliphatic rings. The summed E-state index contributed by atoms with van der Waals surface area (Å²) < 4.78 is 4.92. The van der Waals surface area contributed by atoms with Gasteiger partial charge in [0.15, 0.2) is 0 Å². The van der Waals surface area contributed by atoms with E-state index in [2.05, 4.69) is 0 Å². The molecule has 0 heterocycles. The molecule has 0 saturated carbocycles. The van der Waals surface area contributed by atoms with Gasteiger partial charge in [0.2, 0.25) is 0 Å². The average Bonchev–Trinajstić information content (AvgIpc) is 2.34. The lowest BCUT2D eigenvalue weighted by Crippen LogP contribution is -2.33. The maximum absolute atomic E-state index is 12.1. The van der Waals surface area contributed by atoms with Crippen LogP contribution in [0.2, 0.25) is 0 Å². The molecule has 1 N–H and O–H groups in total. The highest BCUT2D eigenvalue weighted by Gasteiger charge is 2.14. The van der Waals surface area contributed by atoms with E-state index in [1.54, 1.807) is 18.2 Å². The molecule has 0 aliphatic heterocycles. The zero-order chi connectivity index (χ0) is 13.5. The minimum absolute atomic E-state index is 0.0801. The second kappa shape index (κ2) is 6.76. The molecule has 0 aliphatic carbocycles. The van der Waals surface area contributed by atoms with Crippen LogP contribution in [0.3, 0.4) is 0 Å². The number of benzene rings is 1. The number of amides is 1. The Morgan fingerprint density at radius 2 is 2.11 bits per heavy atom. The molecule has 5 heteroatoms. The molecular weight excluding hydrogens is 234 g/mol. The van der Waals surface area contributed by atoms with Crippen molar-refractivity contribution >= 4 is 11.9 Å². The lowest BCUT2D eigenvalue weighted by Gasteiger charge is -2.19. The molecule has 0 atom stereocenters. The number of aliphatic hydroxyl groups excluding tert-OH is 1. The van der Waals surface area contributed by atoms with Crippen molar-refractivity contribution < 1.29 is 19.4 Å². The minimum Gasteiger partial charge on any atom is -0.427 e. The molecule has 1 rings (SSSR count). The number of hydrogen-bond acceptors (Lipinski definition) is 4. The molecule has 98 valence electrons. The second-order valence-corrected chi connectivity index (χ2v) is 3.73. The first-order valence-corrected chi connectivity index (χ1v) is 5.77. The second-order valence-electron chi connectivity index (χ2n) is 3.73. The zero-order valence-corrected chi connectivity index (χ0v) is 10.5. The van der Waals surface area contributed by atoms with Gasteiger partial charge in [-0.15, -0.1) is 0 Å². The van der Waals surface area contributed by atoms with Gasteiger partial charge < -0.3 is 14.7 Å². The van der Waals surface area contributed by atoms with E-state index in [1.807, 2.05) is 6.92 Å². The van der Waals surface area contributed by atoms with Crippen LogP contribution in [0.25, 0.3) is 0 Å². The van der Waals surface area contributed by atoms with E-state index >= 15 is 0 Å². The highest BCUT2D eigenvalue weighted by molar-refractivity contribution is 5.94. The van der Waals surface area contributed by atoms with Crippen molar-refractivity contribution in [3.8, 4) is 5.75 Å². The van der Waals surface area contributed by atoms with Crippen LogP contribution in [-0.2, 0) is 4.79 Å². The van der Waals surface area contributed by atoms with E-state index in [9.17, 15) is 9.59 Å². The number of likely N-dealkylation sites (N-methyl/N-ethyl adjacent to an activating group) is 1. The maximum Gasteiger partial charge on any atom is 0.308 e. The van der Waals surface area contributed by atoms with Crippen LogP contribution in [0.5, 0.6) is 5.75 Å². The van der Waals surface area contributed by atoms with Crippen molar-refractivity contribution in [2.24, 2.45) is 0 Å². The Hall–Kier alpha value is -1.88. The molecular formula is C13H17NO4. The predicted molar refractivity (Wildman–Crippen MR) is 66.4 cm³/mol. The van der Waals surface area contributed by atoms with Crippen LogP contribution in [0.4, 0.5) is 0 Å². The Kier molecular flexibility index (Phi) is 5.32. The molecule has 0 bridgehead atoms.